The van der Waals surface area contributed by atoms with E-state index in [2.05, 4.69) is 36.1 Å². The highest BCUT2D eigenvalue weighted by molar-refractivity contribution is 5.54. The van der Waals surface area contributed by atoms with Gasteiger partial charge in [-0.15, -0.1) is 0 Å². The van der Waals surface area contributed by atoms with Crippen LogP contribution < -0.4 is 11.1 Å². The first-order chi connectivity index (χ1) is 5.99. The number of hydrogen-bond donors (Lipinski definition) is 2. The Morgan fingerprint density at radius 3 is 2.46 bits per heavy atom. The van der Waals surface area contributed by atoms with Crippen molar-refractivity contribution in [3.8, 4) is 0 Å². The fourth-order valence-corrected chi connectivity index (χ4v) is 0.834. The van der Waals surface area contributed by atoms with Crippen molar-refractivity contribution in [1.82, 2.24) is 9.97 Å². The molecular formula is C9H16N4. The van der Waals surface area contributed by atoms with Gasteiger partial charge in [0.05, 0.1) is 0 Å². The smallest absolute Gasteiger partial charge is 0.168 e. The van der Waals surface area contributed by atoms with Crippen LogP contribution in [0.4, 0.5) is 11.6 Å². The number of anilines is 2. The van der Waals surface area contributed by atoms with Gasteiger partial charge in [0.2, 0.25) is 0 Å². The summed E-state index contributed by atoms with van der Waals surface area (Å²) in [5.41, 5.74) is 5.83. The molecule has 0 amide bonds. The van der Waals surface area contributed by atoms with Crippen LogP contribution in [-0.2, 0) is 0 Å². The fraction of sp³-hybridized carbons (Fsp3) is 0.556. The van der Waals surface area contributed by atoms with E-state index in [0.717, 1.165) is 6.54 Å². The number of aromatic nitrogens is 2. The summed E-state index contributed by atoms with van der Waals surface area (Å²) in [6, 6.07) is 0. The van der Waals surface area contributed by atoms with Gasteiger partial charge < -0.3 is 11.1 Å². The molecule has 0 aliphatic heterocycles. The predicted molar refractivity (Wildman–Crippen MR) is 54.4 cm³/mol. The highest BCUT2D eigenvalue weighted by Crippen LogP contribution is 2.16. The molecule has 0 aromatic carbocycles. The van der Waals surface area contributed by atoms with Crippen molar-refractivity contribution in [2.75, 3.05) is 17.6 Å². The van der Waals surface area contributed by atoms with Crippen LogP contribution >= 0.6 is 0 Å². The average Bonchev–Trinajstić information content (AvgIpc) is 2.01. The van der Waals surface area contributed by atoms with Crippen molar-refractivity contribution in [1.29, 1.82) is 0 Å². The number of nitrogens with zero attached hydrogens (tertiary/aromatic N) is 2. The first-order valence-corrected chi connectivity index (χ1v) is 4.29. The van der Waals surface area contributed by atoms with Crippen LogP contribution in [-0.4, -0.2) is 16.5 Å². The summed E-state index contributed by atoms with van der Waals surface area (Å²) in [6.07, 6.45) is 3.21. The topological polar surface area (TPSA) is 63.8 Å². The molecule has 1 rings (SSSR count). The lowest BCUT2D eigenvalue weighted by Gasteiger charge is -2.19. The summed E-state index contributed by atoms with van der Waals surface area (Å²) in [4.78, 5) is 8.02. The lowest BCUT2D eigenvalue weighted by atomic mass is 9.97. The second-order valence-corrected chi connectivity index (χ2v) is 4.20. The zero-order valence-electron chi connectivity index (χ0n) is 8.33. The number of nitrogens with one attached hydrogen (secondary N) is 1. The molecule has 0 radical (unpaired) electrons. The zero-order chi connectivity index (χ0) is 9.90. The van der Waals surface area contributed by atoms with Gasteiger partial charge in [0.15, 0.2) is 11.6 Å². The minimum atomic E-state index is 0.212. The van der Waals surface area contributed by atoms with Gasteiger partial charge in [-0.1, -0.05) is 20.8 Å². The summed E-state index contributed by atoms with van der Waals surface area (Å²) in [7, 11) is 0. The van der Waals surface area contributed by atoms with E-state index in [1.165, 1.54) is 0 Å². The minimum Gasteiger partial charge on any atom is -0.381 e. The molecular weight excluding hydrogens is 164 g/mol. The van der Waals surface area contributed by atoms with Crippen molar-refractivity contribution in [2.24, 2.45) is 5.41 Å². The Labute approximate surface area is 78.6 Å². The van der Waals surface area contributed by atoms with Gasteiger partial charge in [-0.3, -0.25) is 0 Å². The first-order valence-electron chi connectivity index (χ1n) is 4.29. The molecule has 4 nitrogen and oxygen atoms in total. The van der Waals surface area contributed by atoms with E-state index in [1.807, 2.05) is 0 Å². The highest BCUT2D eigenvalue weighted by atomic mass is 15.0. The van der Waals surface area contributed by atoms with Crippen LogP contribution in [0, 0.1) is 5.41 Å². The largest absolute Gasteiger partial charge is 0.381 e. The van der Waals surface area contributed by atoms with Gasteiger partial charge in [-0.2, -0.15) is 0 Å². The first kappa shape index (κ1) is 9.77. The maximum atomic E-state index is 5.61. The third-order valence-corrected chi connectivity index (χ3v) is 1.51. The van der Waals surface area contributed by atoms with Crippen molar-refractivity contribution in [2.45, 2.75) is 20.8 Å². The average molecular weight is 180 g/mol. The number of nitrogen functional groups attached to an aromatic ring is 1. The summed E-state index contributed by atoms with van der Waals surface area (Å²) >= 11 is 0. The van der Waals surface area contributed by atoms with Crippen LogP contribution in [0.5, 0.6) is 0 Å². The highest BCUT2D eigenvalue weighted by Gasteiger charge is 2.10. The van der Waals surface area contributed by atoms with E-state index in [4.69, 9.17) is 5.73 Å². The van der Waals surface area contributed by atoms with Gasteiger partial charge in [0, 0.05) is 18.9 Å². The van der Waals surface area contributed by atoms with Crippen LogP contribution in [0.2, 0.25) is 0 Å². The summed E-state index contributed by atoms with van der Waals surface area (Å²) in [5.74, 6) is 1.11. The van der Waals surface area contributed by atoms with Gasteiger partial charge in [0.25, 0.3) is 0 Å². The molecule has 72 valence electrons. The molecule has 4 heteroatoms. The molecule has 3 N–H and O–H groups in total. The summed E-state index contributed by atoms with van der Waals surface area (Å²) in [5, 5.41) is 3.15. The van der Waals surface area contributed by atoms with Crippen LogP contribution in [0.1, 0.15) is 20.8 Å². The molecule has 0 atom stereocenters. The molecule has 0 saturated carbocycles. The van der Waals surface area contributed by atoms with Gasteiger partial charge in [-0.25, -0.2) is 9.97 Å². The SMILES string of the molecule is CC(C)(C)CNc1nccnc1N. The Bertz CT molecular complexity index is 277. The molecule has 0 spiro atoms. The Morgan fingerprint density at radius 2 is 1.92 bits per heavy atom. The molecule has 13 heavy (non-hydrogen) atoms. The second-order valence-electron chi connectivity index (χ2n) is 4.20. The Morgan fingerprint density at radius 1 is 1.31 bits per heavy atom. The molecule has 1 aromatic rings. The van der Waals surface area contributed by atoms with Crippen molar-refractivity contribution >= 4 is 11.6 Å². The van der Waals surface area contributed by atoms with E-state index in [9.17, 15) is 0 Å². The molecule has 0 unspecified atom stereocenters. The van der Waals surface area contributed by atoms with Crippen molar-refractivity contribution in [3.05, 3.63) is 12.4 Å². The zero-order valence-corrected chi connectivity index (χ0v) is 8.33. The van der Waals surface area contributed by atoms with Crippen LogP contribution in [0.25, 0.3) is 0 Å². The van der Waals surface area contributed by atoms with E-state index in [-0.39, 0.29) is 5.41 Å². The second kappa shape index (κ2) is 3.60. The van der Waals surface area contributed by atoms with Gasteiger partial charge in [-0.05, 0) is 5.41 Å². The normalized spacial score (nSPS) is 11.3. The maximum Gasteiger partial charge on any atom is 0.168 e. The maximum absolute atomic E-state index is 5.61. The summed E-state index contributed by atoms with van der Waals surface area (Å²) in [6.45, 7) is 7.27. The lowest BCUT2D eigenvalue weighted by Crippen LogP contribution is -2.20. The Kier molecular flexibility index (Phi) is 2.70. The third kappa shape index (κ3) is 3.27. The third-order valence-electron chi connectivity index (χ3n) is 1.51. The lowest BCUT2D eigenvalue weighted by molar-refractivity contribution is 0.442. The Balaban J connectivity index is 2.60. The Hall–Kier alpha value is -1.32. The van der Waals surface area contributed by atoms with E-state index in [0.29, 0.717) is 11.6 Å². The molecule has 0 saturated heterocycles. The van der Waals surface area contributed by atoms with E-state index < -0.39 is 0 Å². The van der Waals surface area contributed by atoms with E-state index in [1.54, 1.807) is 12.4 Å². The quantitative estimate of drug-likeness (QED) is 0.724. The van der Waals surface area contributed by atoms with Gasteiger partial charge in [0.1, 0.15) is 0 Å². The molecule has 1 aromatic heterocycles. The van der Waals surface area contributed by atoms with Crippen molar-refractivity contribution in [3.63, 3.8) is 0 Å². The standard InChI is InChI=1S/C9H16N4/c1-9(2,3)6-13-8-7(10)11-4-5-12-8/h4-5H,6H2,1-3H3,(H2,10,11)(H,12,13). The fourth-order valence-electron chi connectivity index (χ4n) is 0.834. The predicted octanol–water partition coefficient (Wildman–Crippen LogP) is 1.52. The monoisotopic (exact) mass is 180 g/mol. The van der Waals surface area contributed by atoms with Crippen LogP contribution in [0.15, 0.2) is 12.4 Å². The van der Waals surface area contributed by atoms with Gasteiger partial charge >= 0.3 is 0 Å². The summed E-state index contributed by atoms with van der Waals surface area (Å²) < 4.78 is 0. The molecule has 1 heterocycles. The van der Waals surface area contributed by atoms with Crippen molar-refractivity contribution < 1.29 is 0 Å². The number of rotatable bonds is 2. The minimum absolute atomic E-state index is 0.212. The molecule has 0 bridgehead atoms. The number of nitrogens with two attached hydrogens (primary N) is 1. The molecule has 0 fully saturated rings. The molecule has 0 aliphatic carbocycles. The number of hydrogen-bond acceptors (Lipinski definition) is 4. The van der Waals surface area contributed by atoms with E-state index >= 15 is 0 Å². The van der Waals surface area contributed by atoms with Crippen LogP contribution in [0.3, 0.4) is 0 Å². The molecule has 0 aliphatic rings.